The molecule has 8 nitrogen and oxygen atoms in total. The predicted octanol–water partition coefficient (Wildman–Crippen LogP) is 1.41. The molecule has 0 amide bonds. The van der Waals surface area contributed by atoms with Crippen LogP contribution in [0, 0.1) is 0 Å². The van der Waals surface area contributed by atoms with Gasteiger partial charge in [-0.15, -0.1) is 0 Å². The lowest BCUT2D eigenvalue weighted by Gasteiger charge is -2.15. The first-order chi connectivity index (χ1) is 9.22. The molecule has 0 aliphatic heterocycles. The van der Waals surface area contributed by atoms with Crippen molar-refractivity contribution in [2.45, 2.75) is 26.4 Å². The summed E-state index contributed by atoms with van der Waals surface area (Å²) in [6, 6.07) is -0.589. The Hall–Kier alpha value is -2.05. The summed E-state index contributed by atoms with van der Waals surface area (Å²) in [7, 11) is 0. The van der Waals surface area contributed by atoms with Crippen LogP contribution in [0.25, 0.3) is 10.4 Å². The van der Waals surface area contributed by atoms with E-state index in [0.717, 1.165) is 12.1 Å². The van der Waals surface area contributed by atoms with Gasteiger partial charge in [0.05, 0.1) is 12.8 Å². The molecule has 1 aromatic heterocycles. The molecule has 0 aliphatic rings. The Morgan fingerprint density at radius 2 is 2.47 bits per heavy atom. The van der Waals surface area contributed by atoms with E-state index in [2.05, 4.69) is 20.4 Å². The molecular weight excluding hydrogens is 248 g/mol. The average Bonchev–Trinajstić information content (AvgIpc) is 2.87. The van der Waals surface area contributed by atoms with Crippen molar-refractivity contribution in [2.24, 2.45) is 5.11 Å². The SMILES string of the molecule is CCOC(=O)C(NCCN=[N+]=[N-])c1cnn(CC)c1. The van der Waals surface area contributed by atoms with Crippen molar-refractivity contribution in [3.8, 4) is 0 Å². The molecule has 1 unspecified atom stereocenters. The van der Waals surface area contributed by atoms with Gasteiger partial charge in [-0.3, -0.25) is 4.68 Å². The molecule has 0 fully saturated rings. The number of aryl methyl sites for hydroxylation is 1. The summed E-state index contributed by atoms with van der Waals surface area (Å²) in [5.41, 5.74) is 8.94. The van der Waals surface area contributed by atoms with Crippen molar-refractivity contribution in [2.75, 3.05) is 19.7 Å². The molecule has 0 saturated carbocycles. The Morgan fingerprint density at radius 1 is 1.68 bits per heavy atom. The van der Waals surface area contributed by atoms with Crippen molar-refractivity contribution < 1.29 is 9.53 Å². The fourth-order valence-electron chi connectivity index (χ4n) is 1.57. The summed E-state index contributed by atoms with van der Waals surface area (Å²) in [5, 5.41) is 10.5. The number of nitrogens with one attached hydrogen (secondary N) is 1. The Labute approximate surface area is 111 Å². The van der Waals surface area contributed by atoms with Gasteiger partial charge in [-0.1, -0.05) is 5.11 Å². The number of nitrogens with zero attached hydrogens (tertiary/aromatic N) is 5. The first kappa shape index (κ1) is 15.0. The van der Waals surface area contributed by atoms with E-state index in [1.165, 1.54) is 0 Å². The van der Waals surface area contributed by atoms with Crippen LogP contribution in [0.2, 0.25) is 0 Å². The fraction of sp³-hybridized carbons (Fsp3) is 0.636. The summed E-state index contributed by atoms with van der Waals surface area (Å²) in [4.78, 5) is 14.5. The first-order valence-corrected chi connectivity index (χ1v) is 6.16. The predicted molar refractivity (Wildman–Crippen MR) is 69.3 cm³/mol. The minimum atomic E-state index is -0.589. The highest BCUT2D eigenvalue weighted by Crippen LogP contribution is 2.13. The molecule has 0 radical (unpaired) electrons. The molecule has 0 saturated heterocycles. The van der Waals surface area contributed by atoms with Crippen LogP contribution in [0.3, 0.4) is 0 Å². The van der Waals surface area contributed by atoms with Crippen molar-refractivity contribution in [1.29, 1.82) is 0 Å². The zero-order valence-corrected chi connectivity index (χ0v) is 11.1. The molecule has 1 atom stereocenters. The minimum absolute atomic E-state index is 0.272. The highest BCUT2D eigenvalue weighted by atomic mass is 16.5. The van der Waals surface area contributed by atoms with Crippen molar-refractivity contribution >= 4 is 5.97 Å². The lowest BCUT2D eigenvalue weighted by atomic mass is 10.1. The summed E-state index contributed by atoms with van der Waals surface area (Å²) in [6.45, 7) is 5.43. The number of azide groups is 1. The van der Waals surface area contributed by atoms with Crippen LogP contribution in [0.1, 0.15) is 25.5 Å². The Morgan fingerprint density at radius 3 is 3.05 bits per heavy atom. The van der Waals surface area contributed by atoms with E-state index in [9.17, 15) is 4.79 Å². The highest BCUT2D eigenvalue weighted by Gasteiger charge is 2.22. The van der Waals surface area contributed by atoms with Gasteiger partial charge in [0.15, 0.2) is 0 Å². The maximum atomic E-state index is 11.9. The average molecular weight is 266 g/mol. The maximum absolute atomic E-state index is 11.9. The molecule has 0 aromatic carbocycles. The van der Waals surface area contributed by atoms with Crippen molar-refractivity contribution in [3.63, 3.8) is 0 Å². The summed E-state index contributed by atoms with van der Waals surface area (Å²) < 4.78 is 6.75. The molecule has 1 heterocycles. The number of hydrogen-bond donors (Lipinski definition) is 1. The highest BCUT2D eigenvalue weighted by molar-refractivity contribution is 5.77. The van der Waals surface area contributed by atoms with Crippen LogP contribution < -0.4 is 5.32 Å². The van der Waals surface area contributed by atoms with Gasteiger partial charge < -0.3 is 10.1 Å². The Bertz CT molecular complexity index is 452. The second-order valence-electron chi connectivity index (χ2n) is 3.72. The fourth-order valence-corrected chi connectivity index (χ4v) is 1.57. The lowest BCUT2D eigenvalue weighted by molar-refractivity contribution is -0.145. The van der Waals surface area contributed by atoms with E-state index < -0.39 is 6.04 Å². The number of carbonyl (C=O) groups is 1. The topological polar surface area (TPSA) is 105 Å². The number of ether oxygens (including phenoxy) is 1. The summed E-state index contributed by atoms with van der Waals surface area (Å²) in [6.07, 6.45) is 3.42. The van der Waals surface area contributed by atoms with Gasteiger partial charge in [0, 0.05) is 36.3 Å². The zero-order chi connectivity index (χ0) is 14.1. The molecule has 104 valence electrons. The number of aromatic nitrogens is 2. The van der Waals surface area contributed by atoms with E-state index in [1.807, 2.05) is 6.92 Å². The first-order valence-electron chi connectivity index (χ1n) is 6.16. The lowest BCUT2D eigenvalue weighted by Crippen LogP contribution is -2.31. The third-order valence-electron chi connectivity index (χ3n) is 2.46. The standard InChI is InChI=1S/C11H18N6O2/c1-3-17-8-9(7-15-17)10(11(18)19-4-2)13-5-6-14-16-12/h7-8,10,13H,3-6H2,1-2H3. The summed E-state index contributed by atoms with van der Waals surface area (Å²) in [5.74, 6) is -0.362. The molecule has 0 aliphatic carbocycles. The number of rotatable bonds is 8. The van der Waals surface area contributed by atoms with Gasteiger partial charge >= 0.3 is 5.97 Å². The third kappa shape index (κ3) is 4.61. The zero-order valence-electron chi connectivity index (χ0n) is 11.1. The van der Waals surface area contributed by atoms with Crippen LogP contribution in [0.4, 0.5) is 0 Å². The van der Waals surface area contributed by atoms with Gasteiger partial charge in [0.25, 0.3) is 0 Å². The number of carbonyl (C=O) groups excluding carboxylic acids is 1. The van der Waals surface area contributed by atoms with E-state index in [4.69, 9.17) is 10.3 Å². The second kappa shape index (κ2) is 8.12. The maximum Gasteiger partial charge on any atom is 0.327 e. The van der Waals surface area contributed by atoms with Gasteiger partial charge in [0.1, 0.15) is 6.04 Å². The molecule has 0 spiro atoms. The van der Waals surface area contributed by atoms with Crippen molar-refractivity contribution in [3.05, 3.63) is 28.4 Å². The van der Waals surface area contributed by atoms with E-state index in [0.29, 0.717) is 13.2 Å². The molecule has 1 N–H and O–H groups in total. The van der Waals surface area contributed by atoms with Gasteiger partial charge in [-0.25, -0.2) is 4.79 Å². The minimum Gasteiger partial charge on any atom is -0.465 e. The molecule has 1 aromatic rings. The van der Waals surface area contributed by atoms with Crippen LogP contribution in [-0.2, 0) is 16.1 Å². The van der Waals surface area contributed by atoms with E-state index >= 15 is 0 Å². The quantitative estimate of drug-likeness (QED) is 0.252. The van der Waals surface area contributed by atoms with Crippen LogP contribution in [0.5, 0.6) is 0 Å². The van der Waals surface area contributed by atoms with Crippen LogP contribution >= 0.6 is 0 Å². The largest absolute Gasteiger partial charge is 0.465 e. The molecular formula is C11H18N6O2. The summed E-state index contributed by atoms with van der Waals surface area (Å²) >= 11 is 0. The Kier molecular flexibility index (Phi) is 6.42. The van der Waals surface area contributed by atoms with Gasteiger partial charge in [-0.05, 0) is 19.4 Å². The Balaban J connectivity index is 2.73. The third-order valence-corrected chi connectivity index (χ3v) is 2.46. The van der Waals surface area contributed by atoms with Gasteiger partial charge in [-0.2, -0.15) is 5.10 Å². The molecule has 1 rings (SSSR count). The molecule has 19 heavy (non-hydrogen) atoms. The van der Waals surface area contributed by atoms with Gasteiger partial charge in [0.2, 0.25) is 0 Å². The molecule has 0 bridgehead atoms. The van der Waals surface area contributed by atoms with Crippen LogP contribution in [-0.4, -0.2) is 35.4 Å². The monoisotopic (exact) mass is 266 g/mol. The van der Waals surface area contributed by atoms with E-state index in [-0.39, 0.29) is 12.5 Å². The number of hydrogen-bond acceptors (Lipinski definition) is 5. The van der Waals surface area contributed by atoms with Crippen LogP contribution in [0.15, 0.2) is 17.5 Å². The normalized spacial score (nSPS) is 11.7. The number of esters is 1. The second-order valence-corrected chi connectivity index (χ2v) is 3.72. The van der Waals surface area contributed by atoms with E-state index in [1.54, 1.807) is 24.0 Å². The molecule has 8 heteroatoms. The smallest absolute Gasteiger partial charge is 0.327 e. The van der Waals surface area contributed by atoms with Crippen molar-refractivity contribution in [1.82, 2.24) is 15.1 Å².